The highest BCUT2D eigenvalue weighted by Crippen LogP contribution is 2.37. The Morgan fingerprint density at radius 1 is 0.932 bits per heavy atom. The van der Waals surface area contributed by atoms with Crippen LogP contribution in [0.2, 0.25) is 0 Å². The van der Waals surface area contributed by atoms with Crippen LogP contribution in [0, 0.1) is 24.4 Å². The van der Waals surface area contributed by atoms with E-state index in [1.165, 1.54) is 28.9 Å². The summed E-state index contributed by atoms with van der Waals surface area (Å²) in [5.41, 5.74) is 2.71. The average Bonchev–Trinajstić information content (AvgIpc) is 4.01. The molecule has 5 atom stereocenters. The molecular weight excluding hydrogens is 766 g/mol. The lowest BCUT2D eigenvalue weighted by atomic mass is 10.1. The summed E-state index contributed by atoms with van der Waals surface area (Å²) >= 11 is 0. The number of halogens is 3. The van der Waals surface area contributed by atoms with E-state index in [0.29, 0.717) is 90.4 Å². The number of nitrogens with zero attached hydrogens (tertiary/aromatic N) is 11. The first-order valence-electron chi connectivity index (χ1n) is 19.8. The topological polar surface area (TPSA) is 135 Å². The smallest absolute Gasteiger partial charge is 0.245 e. The van der Waals surface area contributed by atoms with Gasteiger partial charge in [-0.2, -0.15) is 15.1 Å². The first kappa shape index (κ1) is 37.4. The number of hydrogen-bond acceptors (Lipinski definition) is 12. The van der Waals surface area contributed by atoms with Crippen LogP contribution in [0.5, 0.6) is 0 Å². The minimum absolute atomic E-state index is 0.0216. The fraction of sp³-hybridized carbons (Fsp3) is 0.415. The lowest BCUT2D eigenvalue weighted by Gasteiger charge is -2.33. The third-order valence-electron chi connectivity index (χ3n) is 12.2. The molecule has 0 saturated carbocycles. The SMILES string of the molecule is CO[C@H]1CN(C)C(=O)[C@@H]2C[C@@H](CN2c2nc(N3C[C@@H]4[C@@H](C3)OCCN4C)nc3c2cnn3-c2ccc(F)cc2F)Nc2cccc(n2)-c2cc(F)cc3nc(C)n(c23)C1. The Labute approximate surface area is 337 Å². The van der Waals surface area contributed by atoms with Gasteiger partial charge in [0.05, 0.1) is 59.7 Å². The number of methoxy groups -OCH3 is 1. The van der Waals surface area contributed by atoms with Gasteiger partial charge in [0, 0.05) is 70.6 Å². The molecular formula is C41H43F3N12O3. The number of carbonyl (C=O) groups excluding carboxylic acids is 1. The van der Waals surface area contributed by atoms with Gasteiger partial charge in [0.2, 0.25) is 11.9 Å². The number of nitrogens with one attached hydrogen (secondary N) is 1. The van der Waals surface area contributed by atoms with Crippen LogP contribution >= 0.6 is 0 Å². The molecule has 0 radical (unpaired) electrons. The van der Waals surface area contributed by atoms with E-state index in [1.807, 2.05) is 34.6 Å². The zero-order valence-electron chi connectivity index (χ0n) is 33.0. The number of amides is 1. The molecule has 6 aromatic rings. The highest BCUT2D eigenvalue weighted by Gasteiger charge is 2.43. The van der Waals surface area contributed by atoms with Crippen LogP contribution in [0.25, 0.3) is 39.0 Å². The maximum Gasteiger partial charge on any atom is 0.245 e. The van der Waals surface area contributed by atoms with Gasteiger partial charge in [-0.25, -0.2) is 27.8 Å². The summed E-state index contributed by atoms with van der Waals surface area (Å²) < 4.78 is 60.2. The second-order valence-electron chi connectivity index (χ2n) is 15.9. The van der Waals surface area contributed by atoms with Crippen molar-refractivity contribution in [1.82, 2.24) is 44.1 Å². The van der Waals surface area contributed by atoms with Crippen LogP contribution < -0.4 is 15.1 Å². The maximum atomic E-state index is 15.4. The van der Waals surface area contributed by atoms with Crippen LogP contribution in [-0.4, -0.2) is 141 Å². The molecule has 2 aromatic carbocycles. The summed E-state index contributed by atoms with van der Waals surface area (Å²) in [6.45, 7) is 5.33. The van der Waals surface area contributed by atoms with E-state index in [1.54, 1.807) is 25.3 Å². The Kier molecular flexibility index (Phi) is 9.17. The van der Waals surface area contributed by atoms with E-state index < -0.39 is 29.6 Å². The molecule has 18 heteroatoms. The number of pyridine rings is 1. The monoisotopic (exact) mass is 808 g/mol. The van der Waals surface area contributed by atoms with Gasteiger partial charge < -0.3 is 34.1 Å². The molecule has 4 aliphatic heterocycles. The number of anilines is 3. The van der Waals surface area contributed by atoms with Crippen LogP contribution in [-0.2, 0) is 20.8 Å². The van der Waals surface area contributed by atoms with E-state index in [-0.39, 0.29) is 36.3 Å². The van der Waals surface area contributed by atoms with Gasteiger partial charge in [-0.3, -0.25) is 9.69 Å². The Balaban J connectivity index is 1.10. The molecule has 3 fully saturated rings. The molecule has 306 valence electrons. The van der Waals surface area contributed by atoms with Gasteiger partial charge in [0.15, 0.2) is 11.5 Å². The van der Waals surface area contributed by atoms with E-state index >= 15 is 8.78 Å². The van der Waals surface area contributed by atoms with Crippen LogP contribution in [0.1, 0.15) is 12.2 Å². The van der Waals surface area contributed by atoms with Gasteiger partial charge in [0.1, 0.15) is 40.8 Å². The summed E-state index contributed by atoms with van der Waals surface area (Å²) in [7, 11) is 5.44. The number of carbonyl (C=O) groups is 1. The molecule has 3 saturated heterocycles. The standard InChI is InChI=1S/C41H43F3N12O3/c1-22-46-31-14-24(43)12-27-30-6-5-7-36(48-30)47-25-15-33(40(57)52(3)18-26(58-4)19-54(22)37(27)31)55(17-25)38-28-16-45-56(32-9-8-23(42)13-29(32)44)39(28)50-41(49-38)53-20-34-35(21-53)59-11-10-51(34)2/h5-9,12-14,16,25-26,33-35H,10-11,15,17-21H2,1-4H3,(H,47,48)/t25-,26-,33-,34+,35+/m0/s1. The van der Waals surface area contributed by atoms with Crippen molar-refractivity contribution in [2.45, 2.75) is 50.2 Å². The number of hydrogen-bond donors (Lipinski definition) is 1. The van der Waals surface area contributed by atoms with Crippen molar-refractivity contribution in [3.05, 3.63) is 78.0 Å². The van der Waals surface area contributed by atoms with Crippen molar-refractivity contribution >= 4 is 45.6 Å². The van der Waals surface area contributed by atoms with E-state index in [4.69, 9.17) is 29.4 Å². The van der Waals surface area contributed by atoms with E-state index in [2.05, 4.69) is 27.3 Å². The molecule has 1 N–H and O–H groups in total. The number of likely N-dealkylation sites (N-methyl/N-ethyl adjacent to an activating group) is 2. The number of aromatic nitrogens is 7. The summed E-state index contributed by atoms with van der Waals surface area (Å²) in [6, 6.07) is 10.9. The van der Waals surface area contributed by atoms with Crippen molar-refractivity contribution in [3.63, 3.8) is 0 Å². The van der Waals surface area contributed by atoms with Crippen molar-refractivity contribution in [2.75, 3.05) is 75.7 Å². The molecule has 1 amide bonds. The number of rotatable bonds is 4. The molecule has 4 aliphatic rings. The van der Waals surface area contributed by atoms with Crippen molar-refractivity contribution < 1.29 is 27.4 Å². The van der Waals surface area contributed by atoms with E-state index in [9.17, 15) is 9.18 Å². The largest absolute Gasteiger partial charge is 0.378 e. The summed E-state index contributed by atoms with van der Waals surface area (Å²) in [5.74, 6) is -0.0417. The Morgan fingerprint density at radius 3 is 2.61 bits per heavy atom. The summed E-state index contributed by atoms with van der Waals surface area (Å²) in [6.07, 6.45) is 1.43. The Morgan fingerprint density at radius 2 is 1.80 bits per heavy atom. The van der Waals surface area contributed by atoms with Gasteiger partial charge in [-0.15, -0.1) is 0 Å². The third-order valence-corrected chi connectivity index (χ3v) is 12.2. The van der Waals surface area contributed by atoms with Crippen molar-refractivity contribution in [1.29, 1.82) is 0 Å². The normalized spacial score (nSPS) is 23.8. The molecule has 0 unspecified atom stereocenters. The molecule has 8 heterocycles. The predicted octanol–water partition coefficient (Wildman–Crippen LogP) is 4.02. The number of benzene rings is 2. The summed E-state index contributed by atoms with van der Waals surface area (Å²) in [4.78, 5) is 42.6. The Bertz CT molecular complexity index is 2620. The number of morpholine rings is 1. The lowest BCUT2D eigenvalue weighted by molar-refractivity contribution is -0.132. The number of imidazole rings is 1. The van der Waals surface area contributed by atoms with Gasteiger partial charge >= 0.3 is 0 Å². The third kappa shape index (κ3) is 6.49. The quantitative estimate of drug-likeness (QED) is 0.276. The molecule has 59 heavy (non-hydrogen) atoms. The average molecular weight is 809 g/mol. The second-order valence-corrected chi connectivity index (χ2v) is 15.9. The zero-order valence-corrected chi connectivity index (χ0v) is 33.0. The second kappa shape index (κ2) is 14.5. The lowest BCUT2D eigenvalue weighted by Crippen LogP contribution is -2.48. The number of ether oxygens (including phenoxy) is 2. The first-order chi connectivity index (χ1) is 28.5. The van der Waals surface area contributed by atoms with Crippen LogP contribution in [0.4, 0.5) is 30.8 Å². The van der Waals surface area contributed by atoms with E-state index in [0.717, 1.165) is 18.1 Å². The minimum Gasteiger partial charge on any atom is -0.378 e. The van der Waals surface area contributed by atoms with Gasteiger partial charge in [-0.1, -0.05) is 6.07 Å². The molecule has 0 spiro atoms. The molecule has 4 aromatic heterocycles. The summed E-state index contributed by atoms with van der Waals surface area (Å²) in [5, 5.41) is 8.62. The zero-order chi connectivity index (χ0) is 40.7. The first-order valence-corrected chi connectivity index (χ1v) is 19.8. The molecule has 0 aliphatic carbocycles. The minimum atomic E-state index is -0.799. The molecule has 15 nitrogen and oxygen atoms in total. The maximum absolute atomic E-state index is 15.4. The highest BCUT2D eigenvalue weighted by molar-refractivity contribution is 5.94. The fourth-order valence-electron chi connectivity index (χ4n) is 9.20. The molecule has 4 bridgehead atoms. The Hall–Kier alpha value is -5.85. The van der Waals surface area contributed by atoms with Crippen LogP contribution in [0.3, 0.4) is 0 Å². The number of aryl methyl sites for hydroxylation is 1. The molecule has 10 rings (SSSR count). The van der Waals surface area contributed by atoms with Crippen molar-refractivity contribution in [3.8, 4) is 16.9 Å². The fourth-order valence-corrected chi connectivity index (χ4v) is 9.20. The van der Waals surface area contributed by atoms with Gasteiger partial charge in [-0.05, 0) is 50.7 Å². The predicted molar refractivity (Wildman–Crippen MR) is 214 cm³/mol. The van der Waals surface area contributed by atoms with Crippen LogP contribution in [0.15, 0.2) is 54.7 Å². The van der Waals surface area contributed by atoms with Crippen molar-refractivity contribution in [2.24, 2.45) is 0 Å². The highest BCUT2D eigenvalue weighted by atomic mass is 19.1. The van der Waals surface area contributed by atoms with Gasteiger partial charge in [0.25, 0.3) is 0 Å². The number of fused-ring (bicyclic) bond motifs is 7.